The van der Waals surface area contributed by atoms with Gasteiger partial charge in [0.15, 0.2) is 0 Å². The van der Waals surface area contributed by atoms with E-state index in [0.29, 0.717) is 6.07 Å². The fraction of sp³-hybridized carbons (Fsp3) is 0.300. The van der Waals surface area contributed by atoms with Crippen molar-refractivity contribution in [3.8, 4) is 11.8 Å². The van der Waals surface area contributed by atoms with Gasteiger partial charge in [0.2, 0.25) is 0 Å². The van der Waals surface area contributed by atoms with Gasteiger partial charge in [-0.3, -0.25) is 0 Å². The molecular formula is C10H6F6N2O. The predicted octanol–water partition coefficient (Wildman–Crippen LogP) is 3.01. The minimum atomic E-state index is -5.62. The second-order valence-corrected chi connectivity index (χ2v) is 3.44. The van der Waals surface area contributed by atoms with Crippen molar-refractivity contribution in [2.75, 3.05) is 5.73 Å². The molecule has 0 aliphatic rings. The second kappa shape index (κ2) is 4.87. The van der Waals surface area contributed by atoms with Crippen molar-refractivity contribution in [3.63, 3.8) is 0 Å². The minimum absolute atomic E-state index is 0.0783. The monoisotopic (exact) mass is 284 g/mol. The molecule has 1 rings (SSSR count). The van der Waals surface area contributed by atoms with Crippen LogP contribution in [0.1, 0.15) is 5.56 Å². The first-order chi connectivity index (χ1) is 8.55. The highest BCUT2D eigenvalue weighted by atomic mass is 19.4. The van der Waals surface area contributed by atoms with Crippen molar-refractivity contribution in [2.45, 2.75) is 18.5 Å². The average Bonchev–Trinajstić information content (AvgIpc) is 2.24. The fourth-order valence-corrected chi connectivity index (χ4v) is 1.16. The van der Waals surface area contributed by atoms with E-state index in [2.05, 4.69) is 4.74 Å². The Kier molecular flexibility index (Phi) is 3.83. The zero-order valence-electron chi connectivity index (χ0n) is 9.01. The summed E-state index contributed by atoms with van der Waals surface area (Å²) in [6.07, 6.45) is -15.2. The molecule has 0 amide bonds. The molecule has 0 spiro atoms. The molecule has 0 saturated heterocycles. The first-order valence-electron chi connectivity index (χ1n) is 4.65. The molecule has 2 N–H and O–H groups in total. The molecule has 0 bridgehead atoms. The third-order valence-corrected chi connectivity index (χ3v) is 1.99. The maximum atomic E-state index is 12.2. The Morgan fingerprint density at radius 1 is 1.11 bits per heavy atom. The number of nitrogens with zero attached hydrogens (tertiary/aromatic N) is 1. The lowest BCUT2D eigenvalue weighted by Crippen LogP contribution is -2.46. The third-order valence-electron chi connectivity index (χ3n) is 1.99. The molecule has 1 aromatic rings. The number of benzene rings is 1. The molecule has 0 saturated carbocycles. The number of rotatable bonds is 2. The average molecular weight is 284 g/mol. The van der Waals surface area contributed by atoms with E-state index in [1.807, 2.05) is 0 Å². The number of nitriles is 1. The number of ether oxygens (including phenoxy) is 1. The molecule has 0 atom stereocenters. The quantitative estimate of drug-likeness (QED) is 0.670. The molecule has 1 aromatic carbocycles. The van der Waals surface area contributed by atoms with Crippen LogP contribution in [0.25, 0.3) is 0 Å². The van der Waals surface area contributed by atoms with Gasteiger partial charge in [0.05, 0.1) is 5.56 Å². The van der Waals surface area contributed by atoms with E-state index in [-0.39, 0.29) is 11.3 Å². The summed E-state index contributed by atoms with van der Waals surface area (Å²) in [6.45, 7) is 0. The van der Waals surface area contributed by atoms with Gasteiger partial charge < -0.3 is 10.5 Å². The van der Waals surface area contributed by atoms with Crippen LogP contribution in [-0.4, -0.2) is 18.5 Å². The summed E-state index contributed by atoms with van der Waals surface area (Å²) in [7, 11) is 0. The number of hydrogen-bond donors (Lipinski definition) is 1. The lowest BCUT2D eigenvalue weighted by Gasteiger charge is -2.23. The second-order valence-electron chi connectivity index (χ2n) is 3.44. The molecular weight excluding hydrogens is 278 g/mol. The third kappa shape index (κ3) is 3.67. The lowest BCUT2D eigenvalue weighted by atomic mass is 10.2. The molecule has 104 valence electrons. The van der Waals surface area contributed by atoms with Crippen molar-refractivity contribution < 1.29 is 31.1 Å². The van der Waals surface area contributed by atoms with Crippen LogP contribution in [0.3, 0.4) is 0 Å². The molecule has 0 radical (unpaired) electrons. The van der Waals surface area contributed by atoms with Gasteiger partial charge in [0.1, 0.15) is 11.8 Å². The highest BCUT2D eigenvalue weighted by molar-refractivity contribution is 5.56. The zero-order chi connectivity index (χ0) is 14.8. The molecule has 9 heteroatoms. The van der Waals surface area contributed by atoms with Gasteiger partial charge in [0.25, 0.3) is 6.10 Å². The van der Waals surface area contributed by atoms with Crippen molar-refractivity contribution in [1.29, 1.82) is 5.26 Å². The molecule has 19 heavy (non-hydrogen) atoms. The topological polar surface area (TPSA) is 59.0 Å². The van der Waals surface area contributed by atoms with E-state index >= 15 is 0 Å². The molecule has 0 fully saturated rings. The van der Waals surface area contributed by atoms with Crippen LogP contribution in [0.5, 0.6) is 5.75 Å². The summed E-state index contributed by atoms with van der Waals surface area (Å²) in [6, 6.07) is 4.03. The summed E-state index contributed by atoms with van der Waals surface area (Å²) >= 11 is 0. The van der Waals surface area contributed by atoms with Crippen LogP contribution in [0.15, 0.2) is 18.2 Å². The Labute approximate surface area is 103 Å². The van der Waals surface area contributed by atoms with Crippen LogP contribution in [-0.2, 0) is 0 Å². The van der Waals surface area contributed by atoms with Gasteiger partial charge >= 0.3 is 12.4 Å². The molecule has 0 aliphatic heterocycles. The van der Waals surface area contributed by atoms with Gasteiger partial charge in [-0.1, -0.05) is 0 Å². The number of alkyl halides is 6. The first-order valence-corrected chi connectivity index (χ1v) is 4.65. The number of anilines is 1. The molecule has 3 nitrogen and oxygen atoms in total. The highest BCUT2D eigenvalue weighted by Crippen LogP contribution is 2.36. The summed E-state index contributed by atoms with van der Waals surface area (Å²) in [5, 5.41) is 8.57. The zero-order valence-corrected chi connectivity index (χ0v) is 9.01. The number of nitrogens with two attached hydrogens (primary N) is 1. The number of halogens is 6. The van der Waals surface area contributed by atoms with Gasteiger partial charge in [-0.2, -0.15) is 31.6 Å². The highest BCUT2D eigenvalue weighted by Gasteiger charge is 2.59. The van der Waals surface area contributed by atoms with Crippen LogP contribution in [0, 0.1) is 11.3 Å². The summed E-state index contributed by atoms with van der Waals surface area (Å²) in [5.74, 6) is -0.745. The summed E-state index contributed by atoms with van der Waals surface area (Å²) in [4.78, 5) is 0. The normalized spacial score (nSPS) is 12.3. The first kappa shape index (κ1) is 14.9. The number of hydrogen-bond acceptors (Lipinski definition) is 3. The Bertz CT molecular complexity index is 488. The van der Waals surface area contributed by atoms with Crippen molar-refractivity contribution >= 4 is 5.69 Å². The standard InChI is InChI=1S/C10H6F6N2O/c11-9(12,13)8(10(14,15)16)19-6-1-2-7(18)5(3-6)4-17/h1-3,8H,18H2. The Morgan fingerprint density at radius 2 is 1.63 bits per heavy atom. The van der Waals surface area contributed by atoms with Gasteiger partial charge in [-0.25, -0.2) is 0 Å². The van der Waals surface area contributed by atoms with Crippen molar-refractivity contribution in [2.24, 2.45) is 0 Å². The van der Waals surface area contributed by atoms with E-state index in [1.165, 1.54) is 6.07 Å². The summed E-state index contributed by atoms with van der Waals surface area (Å²) in [5.41, 5.74) is 4.92. The lowest BCUT2D eigenvalue weighted by molar-refractivity contribution is -0.299. The van der Waals surface area contributed by atoms with E-state index < -0.39 is 24.2 Å². The smallest absolute Gasteiger partial charge is 0.434 e. The van der Waals surface area contributed by atoms with Crippen LogP contribution < -0.4 is 10.5 Å². The maximum Gasteiger partial charge on any atom is 0.434 e. The van der Waals surface area contributed by atoms with E-state index in [1.54, 1.807) is 0 Å². The molecule has 0 aromatic heterocycles. The van der Waals surface area contributed by atoms with Gasteiger partial charge in [-0.05, 0) is 12.1 Å². The Balaban J connectivity index is 3.09. The van der Waals surface area contributed by atoms with Crippen LogP contribution >= 0.6 is 0 Å². The van der Waals surface area contributed by atoms with E-state index in [4.69, 9.17) is 11.0 Å². The maximum absolute atomic E-state index is 12.2. The molecule has 0 aliphatic carbocycles. The Hall–Kier alpha value is -2.11. The summed E-state index contributed by atoms with van der Waals surface area (Å²) < 4.78 is 77.3. The van der Waals surface area contributed by atoms with Crippen molar-refractivity contribution in [1.82, 2.24) is 0 Å². The largest absolute Gasteiger partial charge is 0.471 e. The van der Waals surface area contributed by atoms with E-state index in [9.17, 15) is 26.3 Å². The SMILES string of the molecule is N#Cc1cc(OC(C(F)(F)F)C(F)(F)F)ccc1N. The van der Waals surface area contributed by atoms with E-state index in [0.717, 1.165) is 12.1 Å². The molecule has 0 heterocycles. The van der Waals surface area contributed by atoms with Crippen LogP contribution in [0.4, 0.5) is 32.0 Å². The minimum Gasteiger partial charge on any atom is -0.471 e. The number of nitrogen functional groups attached to an aromatic ring is 1. The van der Waals surface area contributed by atoms with Gasteiger partial charge in [-0.15, -0.1) is 0 Å². The fourth-order valence-electron chi connectivity index (χ4n) is 1.16. The Morgan fingerprint density at radius 3 is 2.05 bits per heavy atom. The van der Waals surface area contributed by atoms with Crippen LogP contribution in [0.2, 0.25) is 0 Å². The van der Waals surface area contributed by atoms with Crippen molar-refractivity contribution in [3.05, 3.63) is 23.8 Å². The molecule has 0 unspecified atom stereocenters. The predicted molar refractivity (Wildman–Crippen MR) is 52.1 cm³/mol. The van der Waals surface area contributed by atoms with Gasteiger partial charge in [0, 0.05) is 11.8 Å².